The molecule has 0 saturated carbocycles. The molecule has 0 amide bonds. The maximum atomic E-state index is 5.50. The Hall–Kier alpha value is 0.110. The SMILES string of the molecule is CCN(CC)P(=NC(C)(C)C)(N(CC)CC)N1CCCC1. The smallest absolute Gasteiger partial charge is 0.168 e. The molecule has 1 aliphatic rings. The Morgan fingerprint density at radius 1 is 0.857 bits per heavy atom. The van der Waals surface area contributed by atoms with Gasteiger partial charge in [-0.1, -0.05) is 27.7 Å². The standard InChI is InChI=1S/C16H37N4P/c1-8-18(9-2)21(17-16(5,6)7,19(10-3)11-4)20-14-12-13-15-20/h8-15H2,1-7H3. The molecule has 0 spiro atoms. The molecule has 1 fully saturated rings. The first-order valence-corrected chi connectivity index (χ1v) is 10.3. The first-order valence-electron chi connectivity index (χ1n) is 8.75. The molecule has 0 aliphatic carbocycles. The third-order valence-electron chi connectivity index (χ3n) is 4.12. The maximum absolute atomic E-state index is 5.50. The molecule has 0 N–H and O–H groups in total. The fourth-order valence-electron chi connectivity index (χ4n) is 3.30. The Morgan fingerprint density at radius 2 is 1.24 bits per heavy atom. The van der Waals surface area contributed by atoms with Gasteiger partial charge in [-0.3, -0.25) is 4.74 Å². The Labute approximate surface area is 133 Å². The van der Waals surface area contributed by atoms with Crippen molar-refractivity contribution >= 4 is 7.51 Å². The van der Waals surface area contributed by atoms with Crippen molar-refractivity contribution in [2.75, 3.05) is 39.3 Å². The molecular formula is C16H37N4P. The normalized spacial score (nSPS) is 18.0. The van der Waals surface area contributed by atoms with Gasteiger partial charge in [-0.05, 0) is 33.6 Å². The van der Waals surface area contributed by atoms with Gasteiger partial charge < -0.3 is 0 Å². The predicted molar refractivity (Wildman–Crippen MR) is 95.8 cm³/mol. The predicted octanol–water partition coefficient (Wildman–Crippen LogP) is 4.51. The second-order valence-electron chi connectivity index (χ2n) is 6.75. The lowest BCUT2D eigenvalue weighted by Gasteiger charge is -2.49. The van der Waals surface area contributed by atoms with E-state index in [-0.39, 0.29) is 5.54 Å². The van der Waals surface area contributed by atoms with E-state index in [9.17, 15) is 0 Å². The first-order chi connectivity index (χ1) is 9.85. The number of rotatable bonds is 7. The van der Waals surface area contributed by atoms with Crippen LogP contribution in [0.2, 0.25) is 0 Å². The zero-order valence-electron chi connectivity index (χ0n) is 15.4. The van der Waals surface area contributed by atoms with Crippen molar-refractivity contribution in [2.24, 2.45) is 4.74 Å². The number of hydrogen-bond acceptors (Lipinski definition) is 1. The van der Waals surface area contributed by atoms with Gasteiger partial charge in [0.05, 0.1) is 5.54 Å². The third kappa shape index (κ3) is 4.31. The van der Waals surface area contributed by atoms with Crippen molar-refractivity contribution in [1.29, 1.82) is 0 Å². The summed E-state index contributed by atoms with van der Waals surface area (Å²) in [4.78, 5) is 0. The molecule has 1 rings (SSSR count). The van der Waals surface area contributed by atoms with Gasteiger partial charge in [0.2, 0.25) is 0 Å². The number of nitrogens with zero attached hydrogens (tertiary/aromatic N) is 4. The van der Waals surface area contributed by atoms with E-state index >= 15 is 0 Å². The average Bonchev–Trinajstić information content (AvgIpc) is 2.93. The number of hydrogen-bond donors (Lipinski definition) is 0. The van der Waals surface area contributed by atoms with E-state index in [1.807, 2.05) is 0 Å². The fourth-order valence-corrected chi connectivity index (χ4v) is 7.90. The van der Waals surface area contributed by atoms with E-state index in [0.717, 1.165) is 26.2 Å². The second-order valence-corrected chi connectivity index (χ2v) is 9.72. The molecule has 0 bridgehead atoms. The summed E-state index contributed by atoms with van der Waals surface area (Å²) in [6.07, 6.45) is 2.65. The van der Waals surface area contributed by atoms with Gasteiger partial charge in [0, 0.05) is 39.3 Å². The molecule has 1 heterocycles. The van der Waals surface area contributed by atoms with Crippen molar-refractivity contribution in [2.45, 2.75) is 66.8 Å². The molecule has 5 heteroatoms. The van der Waals surface area contributed by atoms with Crippen molar-refractivity contribution in [1.82, 2.24) is 14.0 Å². The molecule has 0 radical (unpaired) electrons. The molecule has 0 aromatic rings. The molecule has 1 saturated heterocycles. The summed E-state index contributed by atoms with van der Waals surface area (Å²) in [6, 6.07) is 0. The second kappa shape index (κ2) is 8.10. The zero-order valence-corrected chi connectivity index (χ0v) is 16.3. The van der Waals surface area contributed by atoms with Gasteiger partial charge in [0.25, 0.3) is 0 Å². The molecule has 0 atom stereocenters. The lowest BCUT2D eigenvalue weighted by molar-refractivity contribution is 0.344. The van der Waals surface area contributed by atoms with Gasteiger partial charge in [-0.25, -0.2) is 14.0 Å². The zero-order chi connectivity index (χ0) is 16.1. The molecule has 4 nitrogen and oxygen atoms in total. The summed E-state index contributed by atoms with van der Waals surface area (Å²) < 4.78 is 13.5. The molecule has 21 heavy (non-hydrogen) atoms. The van der Waals surface area contributed by atoms with Crippen LogP contribution in [0.1, 0.15) is 61.3 Å². The molecule has 0 aromatic heterocycles. The van der Waals surface area contributed by atoms with Crippen LogP contribution in [-0.2, 0) is 0 Å². The van der Waals surface area contributed by atoms with Crippen LogP contribution in [0.3, 0.4) is 0 Å². The van der Waals surface area contributed by atoms with Crippen LogP contribution in [0.15, 0.2) is 4.74 Å². The lowest BCUT2D eigenvalue weighted by Crippen LogP contribution is -2.41. The van der Waals surface area contributed by atoms with Crippen molar-refractivity contribution in [3.63, 3.8) is 0 Å². The average molecular weight is 316 g/mol. The van der Waals surface area contributed by atoms with E-state index in [1.54, 1.807) is 0 Å². The largest absolute Gasteiger partial charge is 0.255 e. The van der Waals surface area contributed by atoms with Crippen LogP contribution in [0.4, 0.5) is 0 Å². The monoisotopic (exact) mass is 316 g/mol. The summed E-state index contributed by atoms with van der Waals surface area (Å²) >= 11 is 0. The van der Waals surface area contributed by atoms with E-state index < -0.39 is 7.51 Å². The molecule has 126 valence electrons. The minimum atomic E-state index is -1.76. The van der Waals surface area contributed by atoms with E-state index in [2.05, 4.69) is 62.5 Å². The van der Waals surface area contributed by atoms with Crippen LogP contribution in [0.5, 0.6) is 0 Å². The van der Waals surface area contributed by atoms with Gasteiger partial charge >= 0.3 is 0 Å². The van der Waals surface area contributed by atoms with Gasteiger partial charge in [0.1, 0.15) is 0 Å². The van der Waals surface area contributed by atoms with Crippen molar-refractivity contribution in [3.05, 3.63) is 0 Å². The summed E-state index contributed by atoms with van der Waals surface area (Å²) in [5.41, 5.74) is 0.00154. The van der Waals surface area contributed by atoms with Crippen molar-refractivity contribution in [3.8, 4) is 0 Å². The first kappa shape index (κ1) is 19.2. The summed E-state index contributed by atoms with van der Waals surface area (Å²) in [5, 5.41) is 0. The Kier molecular flexibility index (Phi) is 7.39. The minimum Gasteiger partial charge on any atom is -0.255 e. The van der Waals surface area contributed by atoms with Gasteiger partial charge in [-0.2, -0.15) is 0 Å². The van der Waals surface area contributed by atoms with Gasteiger partial charge in [-0.15, -0.1) is 0 Å². The highest BCUT2D eigenvalue weighted by Gasteiger charge is 2.40. The topological polar surface area (TPSA) is 22.1 Å². The van der Waals surface area contributed by atoms with E-state index in [0.29, 0.717) is 0 Å². The van der Waals surface area contributed by atoms with Crippen LogP contribution in [-0.4, -0.2) is 58.8 Å². The highest BCUT2D eigenvalue weighted by Crippen LogP contribution is 2.61. The highest BCUT2D eigenvalue weighted by molar-refractivity contribution is 7.59. The molecular weight excluding hydrogens is 279 g/mol. The minimum absolute atomic E-state index is 0.00154. The Morgan fingerprint density at radius 3 is 1.52 bits per heavy atom. The maximum Gasteiger partial charge on any atom is 0.168 e. The Bertz CT molecular complexity index is 324. The Balaban J connectivity index is 3.49. The van der Waals surface area contributed by atoms with Crippen LogP contribution >= 0.6 is 7.51 Å². The quantitative estimate of drug-likeness (QED) is 0.645. The summed E-state index contributed by atoms with van der Waals surface area (Å²) in [6.45, 7) is 22.7. The van der Waals surface area contributed by atoms with Crippen molar-refractivity contribution < 1.29 is 0 Å². The third-order valence-corrected chi connectivity index (χ3v) is 8.79. The van der Waals surface area contributed by atoms with Crippen LogP contribution in [0, 0.1) is 0 Å². The van der Waals surface area contributed by atoms with Crippen LogP contribution in [0.25, 0.3) is 0 Å². The van der Waals surface area contributed by atoms with Crippen LogP contribution < -0.4 is 0 Å². The lowest BCUT2D eigenvalue weighted by atomic mass is 10.1. The van der Waals surface area contributed by atoms with Gasteiger partial charge in [0.15, 0.2) is 7.51 Å². The highest BCUT2D eigenvalue weighted by atomic mass is 31.2. The summed E-state index contributed by atoms with van der Waals surface area (Å²) in [5.74, 6) is 0. The summed E-state index contributed by atoms with van der Waals surface area (Å²) in [7, 11) is -1.76. The van der Waals surface area contributed by atoms with E-state index in [1.165, 1.54) is 25.9 Å². The fraction of sp³-hybridized carbons (Fsp3) is 1.00. The molecule has 0 unspecified atom stereocenters. The molecule has 0 aromatic carbocycles. The van der Waals surface area contributed by atoms with E-state index in [4.69, 9.17) is 4.74 Å². The molecule has 1 aliphatic heterocycles.